The number of nitrogens with zero attached hydrogens (tertiary/aromatic N) is 4. The van der Waals surface area contributed by atoms with Gasteiger partial charge in [0.15, 0.2) is 0 Å². The summed E-state index contributed by atoms with van der Waals surface area (Å²) < 4.78 is 7.36. The minimum Gasteiger partial charge on any atom is -0.477 e. The molecule has 0 saturated heterocycles. The normalized spacial score (nSPS) is 12.4. The first-order chi connectivity index (χ1) is 12.7. The minimum atomic E-state index is -1.05. The first-order valence-electron chi connectivity index (χ1n) is 7.96. The smallest absolute Gasteiger partial charge is 0.354 e. The number of hydrogen-bond donors (Lipinski definition) is 3. The number of carbonyl (C=O) groups is 3. The second-order valence-corrected chi connectivity index (χ2v) is 5.62. The van der Waals surface area contributed by atoms with Crippen molar-refractivity contribution in [1.82, 2.24) is 19.6 Å². The van der Waals surface area contributed by atoms with Crippen LogP contribution in [0.3, 0.4) is 0 Å². The van der Waals surface area contributed by atoms with Gasteiger partial charge in [-0.3, -0.25) is 14.2 Å². The first-order valence-corrected chi connectivity index (χ1v) is 7.96. The Balaban J connectivity index is 0.000000277. The summed E-state index contributed by atoms with van der Waals surface area (Å²) in [5.41, 5.74) is 0.172. The average Bonchev–Trinajstić information content (AvgIpc) is 3.28. The lowest BCUT2D eigenvalue weighted by molar-refractivity contribution is -0.142. The van der Waals surface area contributed by atoms with Gasteiger partial charge in [0.05, 0.1) is 18.7 Å². The monoisotopic (exact) mass is 382 g/mol. The fraction of sp³-hybridized carbons (Fsp3) is 0.438. The summed E-state index contributed by atoms with van der Waals surface area (Å²) in [5, 5.41) is 33.9. The van der Waals surface area contributed by atoms with E-state index in [-0.39, 0.29) is 36.7 Å². The Labute approximate surface area is 154 Å². The number of carboxylic acid groups (broad SMARTS) is 2. The molecule has 0 bridgehead atoms. The van der Waals surface area contributed by atoms with Crippen LogP contribution in [0, 0.1) is 0 Å². The summed E-state index contributed by atoms with van der Waals surface area (Å²) in [5.74, 6) is -2.49. The van der Waals surface area contributed by atoms with E-state index in [1.54, 1.807) is 13.8 Å². The van der Waals surface area contributed by atoms with Gasteiger partial charge in [0.2, 0.25) is 0 Å². The molecule has 2 atom stereocenters. The molecule has 2 heterocycles. The summed E-state index contributed by atoms with van der Waals surface area (Å²) in [6.45, 7) is 4.70. The molecule has 0 fully saturated rings. The molecule has 11 heteroatoms. The van der Waals surface area contributed by atoms with Crippen molar-refractivity contribution in [1.29, 1.82) is 0 Å². The largest absolute Gasteiger partial charge is 0.477 e. The third-order valence-corrected chi connectivity index (χ3v) is 3.41. The first kappa shape index (κ1) is 21.8. The summed E-state index contributed by atoms with van der Waals surface area (Å²) in [4.78, 5) is 31.9. The van der Waals surface area contributed by atoms with Gasteiger partial charge in [-0.05, 0) is 26.0 Å². The van der Waals surface area contributed by atoms with Crippen molar-refractivity contribution in [2.45, 2.75) is 32.9 Å². The number of aliphatic hydroxyl groups is 1. The molecule has 2 aromatic heterocycles. The fourth-order valence-corrected chi connectivity index (χ4v) is 2.06. The maximum Gasteiger partial charge on any atom is 0.354 e. The Kier molecular flexibility index (Phi) is 8.14. The van der Waals surface area contributed by atoms with Crippen molar-refractivity contribution < 1.29 is 34.4 Å². The van der Waals surface area contributed by atoms with Crippen molar-refractivity contribution in [2.75, 3.05) is 13.2 Å². The van der Waals surface area contributed by atoms with Crippen LogP contribution in [0.4, 0.5) is 0 Å². The standard InChI is InChI=1S/C9H12N2O4.C7H10N2O3/c1-6(5-15-7(2)12)11-8(9(13)14)3-4-10-11;1-5(4-10)9-6(7(11)12)2-3-8-9/h3-4,6H,5H2,1-2H3,(H,13,14);2-3,5,10H,4H2,1H3,(H,11,12)/t6-;5-/m00/s1. The molecule has 0 amide bonds. The maximum atomic E-state index is 10.8. The predicted molar refractivity (Wildman–Crippen MR) is 91.5 cm³/mol. The number of aromatic nitrogens is 4. The minimum absolute atomic E-state index is 0.0784. The zero-order valence-electron chi connectivity index (χ0n) is 15.1. The van der Waals surface area contributed by atoms with Crippen LogP contribution in [-0.4, -0.2) is 66.0 Å². The molecule has 148 valence electrons. The summed E-state index contributed by atoms with van der Waals surface area (Å²) in [6, 6.07) is 2.20. The van der Waals surface area contributed by atoms with Crippen LogP contribution < -0.4 is 0 Å². The number of rotatable bonds is 7. The number of hydrogen-bond acceptors (Lipinski definition) is 7. The van der Waals surface area contributed by atoms with Gasteiger partial charge in [-0.25, -0.2) is 9.59 Å². The predicted octanol–water partition coefficient (Wildman–Crippen LogP) is 0.840. The Bertz CT molecular complexity index is 783. The van der Waals surface area contributed by atoms with Crippen LogP contribution in [0.15, 0.2) is 24.5 Å². The molecule has 0 spiro atoms. The van der Waals surface area contributed by atoms with Gasteiger partial charge in [-0.2, -0.15) is 10.2 Å². The number of esters is 1. The van der Waals surface area contributed by atoms with E-state index >= 15 is 0 Å². The van der Waals surface area contributed by atoms with Crippen LogP contribution in [-0.2, 0) is 9.53 Å². The van der Waals surface area contributed by atoms with E-state index in [1.807, 2.05) is 0 Å². The second kappa shape index (κ2) is 10.1. The number of aliphatic hydroxyl groups excluding tert-OH is 1. The molecule has 0 aromatic carbocycles. The topological polar surface area (TPSA) is 157 Å². The summed E-state index contributed by atoms with van der Waals surface area (Å²) in [7, 11) is 0. The van der Waals surface area contributed by atoms with Gasteiger partial charge in [0.1, 0.15) is 18.0 Å². The van der Waals surface area contributed by atoms with E-state index in [1.165, 1.54) is 40.8 Å². The third kappa shape index (κ3) is 6.22. The SMILES string of the molecule is CC(=O)OC[C@H](C)n1nccc1C(=O)O.C[C@@H](CO)n1nccc1C(=O)O. The highest BCUT2D eigenvalue weighted by Crippen LogP contribution is 2.09. The third-order valence-electron chi connectivity index (χ3n) is 3.41. The maximum absolute atomic E-state index is 10.8. The molecule has 11 nitrogen and oxygen atoms in total. The lowest BCUT2D eigenvalue weighted by atomic mass is 10.3. The van der Waals surface area contributed by atoms with Gasteiger partial charge in [-0.1, -0.05) is 0 Å². The molecule has 2 rings (SSSR count). The van der Waals surface area contributed by atoms with Crippen LogP contribution in [0.5, 0.6) is 0 Å². The molecule has 0 saturated carbocycles. The van der Waals surface area contributed by atoms with E-state index in [0.29, 0.717) is 0 Å². The van der Waals surface area contributed by atoms with E-state index in [0.717, 1.165) is 0 Å². The lowest BCUT2D eigenvalue weighted by Gasteiger charge is -2.13. The van der Waals surface area contributed by atoms with E-state index in [2.05, 4.69) is 10.2 Å². The van der Waals surface area contributed by atoms with Crippen molar-refractivity contribution in [3.8, 4) is 0 Å². The van der Waals surface area contributed by atoms with Crippen LogP contribution in [0.2, 0.25) is 0 Å². The van der Waals surface area contributed by atoms with E-state index in [9.17, 15) is 14.4 Å². The number of aromatic carboxylic acids is 2. The summed E-state index contributed by atoms with van der Waals surface area (Å²) in [6.07, 6.45) is 2.79. The van der Waals surface area contributed by atoms with Crippen LogP contribution in [0.1, 0.15) is 53.8 Å². The average molecular weight is 382 g/mol. The highest BCUT2D eigenvalue weighted by molar-refractivity contribution is 5.85. The second-order valence-electron chi connectivity index (χ2n) is 5.62. The number of carboxylic acids is 2. The van der Waals surface area contributed by atoms with E-state index < -0.39 is 17.9 Å². The van der Waals surface area contributed by atoms with Crippen molar-refractivity contribution in [3.63, 3.8) is 0 Å². The Morgan fingerprint density at radius 3 is 1.81 bits per heavy atom. The van der Waals surface area contributed by atoms with Gasteiger partial charge in [0.25, 0.3) is 0 Å². The van der Waals surface area contributed by atoms with Gasteiger partial charge < -0.3 is 20.1 Å². The molecular formula is C16H22N4O7. The van der Waals surface area contributed by atoms with Crippen LogP contribution >= 0.6 is 0 Å². The molecule has 0 aliphatic rings. The molecule has 0 aliphatic carbocycles. The zero-order chi connectivity index (χ0) is 20.6. The van der Waals surface area contributed by atoms with Gasteiger partial charge in [0, 0.05) is 19.3 Å². The summed E-state index contributed by atoms with van der Waals surface area (Å²) >= 11 is 0. The van der Waals surface area contributed by atoms with E-state index in [4.69, 9.17) is 20.1 Å². The molecule has 0 unspecified atom stereocenters. The Hall–Kier alpha value is -3.21. The van der Waals surface area contributed by atoms with Gasteiger partial charge in [-0.15, -0.1) is 0 Å². The number of ether oxygens (including phenoxy) is 1. The van der Waals surface area contributed by atoms with Crippen molar-refractivity contribution >= 4 is 17.9 Å². The molecule has 0 radical (unpaired) electrons. The van der Waals surface area contributed by atoms with Crippen molar-refractivity contribution in [3.05, 3.63) is 35.9 Å². The fourth-order valence-electron chi connectivity index (χ4n) is 2.06. The molecule has 3 N–H and O–H groups in total. The molecule has 27 heavy (non-hydrogen) atoms. The highest BCUT2D eigenvalue weighted by Gasteiger charge is 2.16. The number of carbonyl (C=O) groups excluding carboxylic acids is 1. The Morgan fingerprint density at radius 2 is 1.44 bits per heavy atom. The zero-order valence-corrected chi connectivity index (χ0v) is 15.1. The molecule has 2 aromatic rings. The van der Waals surface area contributed by atoms with Crippen LogP contribution in [0.25, 0.3) is 0 Å². The highest BCUT2D eigenvalue weighted by atomic mass is 16.5. The lowest BCUT2D eigenvalue weighted by Crippen LogP contribution is -2.19. The molecule has 0 aliphatic heterocycles. The van der Waals surface area contributed by atoms with Crippen molar-refractivity contribution in [2.24, 2.45) is 0 Å². The quantitative estimate of drug-likeness (QED) is 0.590. The van der Waals surface area contributed by atoms with Gasteiger partial charge >= 0.3 is 17.9 Å². The Morgan fingerprint density at radius 1 is 1.00 bits per heavy atom. The molecular weight excluding hydrogens is 360 g/mol.